The number of benzene rings is 4. The van der Waals surface area contributed by atoms with E-state index in [1.165, 1.54) is 16.7 Å². The van der Waals surface area contributed by atoms with Crippen LogP contribution in [0.4, 0.5) is 0 Å². The zero-order valence-corrected chi connectivity index (χ0v) is 20.2. The molecule has 1 aliphatic rings. The second-order valence-corrected chi connectivity index (χ2v) is 9.80. The molecule has 3 nitrogen and oxygen atoms in total. The summed E-state index contributed by atoms with van der Waals surface area (Å²) in [5, 5.41) is 29.5. The molecule has 0 spiro atoms. The van der Waals surface area contributed by atoms with Crippen molar-refractivity contribution in [2.24, 2.45) is 0 Å². The molecule has 0 aromatic heterocycles. The summed E-state index contributed by atoms with van der Waals surface area (Å²) in [5.74, 6) is 0.674. The van der Waals surface area contributed by atoms with Crippen molar-refractivity contribution in [2.75, 3.05) is 0 Å². The van der Waals surface area contributed by atoms with E-state index in [4.69, 9.17) is 10.8 Å². The summed E-state index contributed by atoms with van der Waals surface area (Å²) in [5.41, 5.74) is 9.98. The van der Waals surface area contributed by atoms with Crippen molar-refractivity contribution < 1.29 is 5.11 Å². The minimum Gasteiger partial charge on any atom is -0.392 e. The van der Waals surface area contributed by atoms with E-state index in [9.17, 15) is 5.11 Å². The fourth-order valence-corrected chi connectivity index (χ4v) is 5.32. The third-order valence-electron chi connectivity index (χ3n) is 7.01. The van der Waals surface area contributed by atoms with Gasteiger partial charge in [0.25, 0.3) is 0 Å². The maximum Gasteiger partial charge on any atom is 0.0880 e. The molecule has 0 atom stereocenters. The predicted molar refractivity (Wildman–Crippen MR) is 143 cm³/mol. The van der Waals surface area contributed by atoms with Gasteiger partial charge in [0.05, 0.1) is 18.0 Å². The van der Waals surface area contributed by atoms with Crippen LogP contribution < -0.4 is 0 Å². The molecule has 0 fully saturated rings. The van der Waals surface area contributed by atoms with Crippen LogP contribution in [0.25, 0.3) is 33.0 Å². The first-order chi connectivity index (χ1) is 16.3. The Morgan fingerprint density at radius 3 is 1.94 bits per heavy atom. The van der Waals surface area contributed by atoms with Crippen LogP contribution in [0.15, 0.2) is 66.7 Å². The van der Waals surface area contributed by atoms with Crippen molar-refractivity contribution >= 4 is 22.2 Å². The Kier molecular flexibility index (Phi) is 5.45. The van der Waals surface area contributed by atoms with E-state index in [1.807, 2.05) is 18.2 Å². The molecular weight excluding hydrogens is 416 g/mol. The minimum absolute atomic E-state index is 0.0245. The molecule has 34 heavy (non-hydrogen) atoms. The van der Waals surface area contributed by atoms with Crippen LogP contribution in [0.5, 0.6) is 0 Å². The van der Waals surface area contributed by atoms with Gasteiger partial charge < -0.3 is 5.11 Å². The highest BCUT2D eigenvalue weighted by molar-refractivity contribution is 6.60. The molecule has 4 aromatic rings. The quantitative estimate of drug-likeness (QED) is 0.289. The second kappa shape index (κ2) is 8.34. The highest BCUT2D eigenvalue weighted by Crippen LogP contribution is 2.45. The topological polar surface area (TPSA) is 67.9 Å². The van der Waals surface area contributed by atoms with Crippen LogP contribution >= 0.6 is 0 Å². The fourth-order valence-electron chi connectivity index (χ4n) is 5.32. The molecule has 0 saturated carbocycles. The summed E-state index contributed by atoms with van der Waals surface area (Å²) in [4.78, 5) is 0. The average Bonchev–Trinajstić information content (AvgIpc) is 3.10. The minimum atomic E-state index is -0.0245. The van der Waals surface area contributed by atoms with Crippen molar-refractivity contribution in [2.45, 2.75) is 46.1 Å². The Morgan fingerprint density at radius 2 is 1.29 bits per heavy atom. The molecule has 3 N–H and O–H groups in total. The van der Waals surface area contributed by atoms with Crippen molar-refractivity contribution in [3.05, 3.63) is 94.5 Å². The molecule has 0 heterocycles. The van der Waals surface area contributed by atoms with Crippen LogP contribution in [0.2, 0.25) is 0 Å². The lowest BCUT2D eigenvalue weighted by molar-refractivity contribution is 0.282. The van der Waals surface area contributed by atoms with Crippen molar-refractivity contribution in [1.82, 2.24) is 0 Å². The van der Waals surface area contributed by atoms with E-state index < -0.39 is 0 Å². The molecule has 170 valence electrons. The van der Waals surface area contributed by atoms with Gasteiger partial charge in [-0.3, -0.25) is 10.8 Å². The van der Waals surface area contributed by atoms with E-state index in [0.29, 0.717) is 11.8 Å². The molecule has 0 bridgehead atoms. The summed E-state index contributed by atoms with van der Waals surface area (Å²) >= 11 is 0. The molecule has 0 saturated heterocycles. The molecule has 0 radical (unpaired) electrons. The normalized spacial score (nSPS) is 13.0. The van der Waals surface area contributed by atoms with Crippen molar-refractivity contribution in [3.8, 4) is 22.3 Å². The highest BCUT2D eigenvalue weighted by atomic mass is 16.3. The zero-order chi connectivity index (χ0) is 24.1. The van der Waals surface area contributed by atoms with Gasteiger partial charge in [0, 0.05) is 16.5 Å². The monoisotopic (exact) mass is 446 g/mol. The molecule has 3 heteroatoms. The first kappa shape index (κ1) is 22.2. The lowest BCUT2D eigenvalue weighted by Crippen LogP contribution is -2.08. The standard InChI is InChI=1S/C31H30N2O/c1-17(2)21-8-6-9-22(18(3)4)28(21)26-15-19(16-34)11-13-23(26)24-14-12-20-7-5-10-25-27(20)29(24)31(33)30(25)32/h5-15,17-18,32-34H,16H2,1-4H3. The summed E-state index contributed by atoms with van der Waals surface area (Å²) in [6.07, 6.45) is 0. The number of hydrogen-bond acceptors (Lipinski definition) is 3. The van der Waals surface area contributed by atoms with Gasteiger partial charge >= 0.3 is 0 Å². The third kappa shape index (κ3) is 3.31. The fraction of sp³-hybridized carbons (Fsp3) is 0.226. The van der Waals surface area contributed by atoms with Gasteiger partial charge in [-0.1, -0.05) is 88.4 Å². The Hall–Kier alpha value is -3.56. The molecule has 0 aliphatic heterocycles. The van der Waals surface area contributed by atoms with Gasteiger partial charge in [0.2, 0.25) is 0 Å². The molecule has 0 amide bonds. The maximum atomic E-state index is 9.99. The average molecular weight is 447 g/mol. The van der Waals surface area contributed by atoms with E-state index >= 15 is 0 Å². The van der Waals surface area contributed by atoms with E-state index in [0.717, 1.165) is 44.2 Å². The summed E-state index contributed by atoms with van der Waals surface area (Å²) in [7, 11) is 0. The highest BCUT2D eigenvalue weighted by Gasteiger charge is 2.29. The van der Waals surface area contributed by atoms with Gasteiger partial charge in [-0.05, 0) is 62.2 Å². The zero-order valence-electron chi connectivity index (χ0n) is 20.2. The van der Waals surface area contributed by atoms with Gasteiger partial charge in [-0.25, -0.2) is 0 Å². The van der Waals surface area contributed by atoms with E-state index in [1.54, 1.807) is 0 Å². The molecule has 1 aliphatic carbocycles. The number of nitrogens with one attached hydrogen (secondary N) is 2. The molecular formula is C31H30N2O. The van der Waals surface area contributed by atoms with Crippen LogP contribution in [0.3, 0.4) is 0 Å². The predicted octanol–water partition coefficient (Wildman–Crippen LogP) is 7.66. The Balaban J connectivity index is 1.89. The summed E-state index contributed by atoms with van der Waals surface area (Å²) < 4.78 is 0. The van der Waals surface area contributed by atoms with Crippen molar-refractivity contribution in [3.63, 3.8) is 0 Å². The molecule has 5 rings (SSSR count). The lowest BCUT2D eigenvalue weighted by atomic mass is 9.81. The number of aliphatic hydroxyl groups is 1. The van der Waals surface area contributed by atoms with Crippen LogP contribution in [0.1, 0.15) is 67.3 Å². The maximum absolute atomic E-state index is 9.99. The Bertz CT molecular complexity index is 1450. The lowest BCUT2D eigenvalue weighted by Gasteiger charge is -2.23. The van der Waals surface area contributed by atoms with Gasteiger partial charge in [-0.15, -0.1) is 0 Å². The first-order valence-corrected chi connectivity index (χ1v) is 11.9. The number of hydrogen-bond donors (Lipinski definition) is 3. The SMILES string of the molecule is CC(C)c1cccc(C(C)C)c1-c1cc(CO)ccc1-c1ccc2cccc3c2c1C(=N)C3=N. The first-order valence-electron chi connectivity index (χ1n) is 11.9. The van der Waals surface area contributed by atoms with Crippen molar-refractivity contribution in [1.29, 1.82) is 10.8 Å². The van der Waals surface area contributed by atoms with E-state index in [-0.39, 0.29) is 18.0 Å². The van der Waals surface area contributed by atoms with Gasteiger partial charge in [0.15, 0.2) is 0 Å². The molecule has 4 aromatic carbocycles. The Labute approximate surface area is 201 Å². The van der Waals surface area contributed by atoms with Crippen LogP contribution in [-0.2, 0) is 6.61 Å². The van der Waals surface area contributed by atoms with Crippen LogP contribution in [0, 0.1) is 10.8 Å². The molecule has 0 unspecified atom stereocenters. The van der Waals surface area contributed by atoms with Gasteiger partial charge in [-0.2, -0.15) is 0 Å². The smallest absolute Gasteiger partial charge is 0.0880 e. The second-order valence-electron chi connectivity index (χ2n) is 9.80. The largest absolute Gasteiger partial charge is 0.392 e. The van der Waals surface area contributed by atoms with E-state index in [2.05, 4.69) is 76.2 Å². The summed E-state index contributed by atoms with van der Waals surface area (Å²) in [6.45, 7) is 8.85. The van der Waals surface area contributed by atoms with Crippen LogP contribution in [-0.4, -0.2) is 16.5 Å². The van der Waals surface area contributed by atoms with Gasteiger partial charge in [0.1, 0.15) is 0 Å². The third-order valence-corrected chi connectivity index (χ3v) is 7.01. The summed E-state index contributed by atoms with van der Waals surface area (Å²) in [6, 6.07) is 22.9. The number of aliphatic hydroxyl groups excluding tert-OH is 1. The number of rotatable bonds is 5. The Morgan fingerprint density at radius 1 is 0.647 bits per heavy atom.